The lowest BCUT2D eigenvalue weighted by molar-refractivity contribution is -0.121. The first-order valence-corrected chi connectivity index (χ1v) is 12.3. The second-order valence-electron chi connectivity index (χ2n) is 8.78. The molecule has 0 radical (unpaired) electrons. The third-order valence-electron chi connectivity index (χ3n) is 6.35. The van der Waals surface area contributed by atoms with Crippen molar-refractivity contribution in [3.63, 3.8) is 0 Å². The highest BCUT2D eigenvalue weighted by Crippen LogP contribution is 2.33. The average molecular weight is 453 g/mol. The number of H-pyrrole nitrogens is 1. The van der Waals surface area contributed by atoms with Crippen molar-refractivity contribution in [2.24, 2.45) is 0 Å². The Morgan fingerprint density at radius 2 is 1.97 bits per heavy atom. The molecule has 1 unspecified atom stereocenters. The largest absolute Gasteiger partial charge is 0.354 e. The van der Waals surface area contributed by atoms with Gasteiger partial charge in [0.2, 0.25) is 5.91 Å². The van der Waals surface area contributed by atoms with Crippen molar-refractivity contribution in [2.75, 3.05) is 20.6 Å². The van der Waals surface area contributed by atoms with Crippen LogP contribution < -0.4 is 10.9 Å². The molecule has 1 amide bonds. The number of rotatable bonds is 8. The molecule has 3 aromatic rings. The van der Waals surface area contributed by atoms with E-state index in [0.717, 1.165) is 35.9 Å². The number of fused-ring (bicyclic) bond motifs is 3. The van der Waals surface area contributed by atoms with Gasteiger partial charge in [0.1, 0.15) is 10.7 Å². The lowest BCUT2D eigenvalue weighted by atomic mass is 9.97. The van der Waals surface area contributed by atoms with Crippen LogP contribution in [0, 0.1) is 0 Å². The summed E-state index contributed by atoms with van der Waals surface area (Å²) in [6, 6.07) is 8.68. The Morgan fingerprint density at radius 3 is 2.69 bits per heavy atom. The van der Waals surface area contributed by atoms with Gasteiger partial charge in [-0.3, -0.25) is 9.59 Å². The molecule has 0 bridgehead atoms. The topological polar surface area (TPSA) is 78.1 Å². The number of nitrogens with zero attached hydrogens (tertiary/aromatic N) is 2. The molecule has 170 valence electrons. The molecule has 0 fully saturated rings. The maximum Gasteiger partial charge on any atom is 0.259 e. The molecule has 0 aliphatic heterocycles. The molecule has 1 aromatic carbocycles. The van der Waals surface area contributed by atoms with Crippen molar-refractivity contribution < 1.29 is 4.79 Å². The van der Waals surface area contributed by atoms with E-state index in [-0.39, 0.29) is 17.5 Å². The van der Waals surface area contributed by atoms with Crippen LogP contribution in [0.2, 0.25) is 0 Å². The van der Waals surface area contributed by atoms with Crippen LogP contribution in [0.25, 0.3) is 10.2 Å². The van der Waals surface area contributed by atoms with Gasteiger partial charge in [-0.05, 0) is 62.9 Å². The standard InChI is InChI=1S/C25H32N4O2S/c1-4-16-9-11-17(12-10-16)19(29(2)3)15-26-22(30)14-13-21-27-24(31)23-18-7-5-6-8-20(18)32-25(23)28-21/h9-12,19H,4-8,13-15H2,1-3H3,(H,26,30)(H,27,28,31). The number of benzene rings is 1. The van der Waals surface area contributed by atoms with E-state index < -0.39 is 0 Å². The van der Waals surface area contributed by atoms with Crippen molar-refractivity contribution in [3.8, 4) is 0 Å². The van der Waals surface area contributed by atoms with Gasteiger partial charge in [-0.25, -0.2) is 4.98 Å². The summed E-state index contributed by atoms with van der Waals surface area (Å²) in [5.41, 5.74) is 3.62. The maximum absolute atomic E-state index is 12.7. The van der Waals surface area contributed by atoms with Crippen LogP contribution in [0.4, 0.5) is 0 Å². The molecule has 4 rings (SSSR count). The normalized spacial score (nSPS) is 14.5. The van der Waals surface area contributed by atoms with Crippen molar-refractivity contribution in [3.05, 3.63) is 62.0 Å². The number of nitrogens with one attached hydrogen (secondary N) is 2. The van der Waals surface area contributed by atoms with E-state index in [9.17, 15) is 9.59 Å². The summed E-state index contributed by atoms with van der Waals surface area (Å²) in [6.07, 6.45) is 6.07. The van der Waals surface area contributed by atoms with Gasteiger partial charge in [0.05, 0.1) is 11.4 Å². The van der Waals surface area contributed by atoms with Gasteiger partial charge < -0.3 is 15.2 Å². The van der Waals surface area contributed by atoms with E-state index in [1.807, 2.05) is 14.1 Å². The van der Waals surface area contributed by atoms with E-state index in [2.05, 4.69) is 51.4 Å². The molecular formula is C25H32N4O2S. The Morgan fingerprint density at radius 1 is 1.22 bits per heavy atom. The van der Waals surface area contributed by atoms with Gasteiger partial charge >= 0.3 is 0 Å². The van der Waals surface area contributed by atoms with E-state index in [0.29, 0.717) is 25.2 Å². The molecule has 1 atom stereocenters. The second-order valence-corrected chi connectivity index (χ2v) is 9.87. The van der Waals surface area contributed by atoms with Crippen LogP contribution in [0.15, 0.2) is 29.1 Å². The molecule has 32 heavy (non-hydrogen) atoms. The second kappa shape index (κ2) is 9.96. The fourth-order valence-corrected chi connectivity index (χ4v) is 5.71. The molecule has 1 aliphatic rings. The van der Waals surface area contributed by atoms with Gasteiger partial charge in [0.15, 0.2) is 0 Å². The van der Waals surface area contributed by atoms with Gasteiger partial charge in [-0.2, -0.15) is 0 Å². The Labute approximate surface area is 193 Å². The average Bonchev–Trinajstić information content (AvgIpc) is 3.17. The SMILES string of the molecule is CCc1ccc(C(CNC(=O)CCc2nc3sc4c(c3c(=O)[nH]2)CCCC4)N(C)C)cc1. The molecule has 1 aliphatic carbocycles. The number of likely N-dealkylation sites (N-methyl/N-ethyl adjacent to an activating group) is 1. The van der Waals surface area contributed by atoms with Gasteiger partial charge in [0, 0.05) is 24.3 Å². The monoisotopic (exact) mass is 452 g/mol. The lowest BCUT2D eigenvalue weighted by Gasteiger charge is -2.25. The first kappa shape index (κ1) is 22.7. The summed E-state index contributed by atoms with van der Waals surface area (Å²) < 4.78 is 0. The van der Waals surface area contributed by atoms with E-state index in [4.69, 9.17) is 0 Å². The molecule has 0 saturated heterocycles. The molecule has 6 nitrogen and oxygen atoms in total. The summed E-state index contributed by atoms with van der Waals surface area (Å²) in [5.74, 6) is 0.561. The fourth-order valence-electron chi connectivity index (χ4n) is 4.43. The molecule has 0 saturated carbocycles. The van der Waals surface area contributed by atoms with Crippen molar-refractivity contribution in [1.82, 2.24) is 20.2 Å². The number of amides is 1. The minimum Gasteiger partial charge on any atom is -0.354 e. The number of hydrogen-bond donors (Lipinski definition) is 2. The minimum absolute atomic E-state index is 0.0322. The Hall–Kier alpha value is -2.51. The zero-order valence-electron chi connectivity index (χ0n) is 19.2. The summed E-state index contributed by atoms with van der Waals surface area (Å²) in [4.78, 5) is 37.0. The zero-order valence-corrected chi connectivity index (χ0v) is 20.0. The predicted octanol–water partition coefficient (Wildman–Crippen LogP) is 3.78. The van der Waals surface area contributed by atoms with Crippen LogP contribution in [0.5, 0.6) is 0 Å². The van der Waals surface area contributed by atoms with E-state index >= 15 is 0 Å². The Kier molecular flexibility index (Phi) is 7.06. The fraction of sp³-hybridized carbons (Fsp3) is 0.480. The van der Waals surface area contributed by atoms with Gasteiger partial charge in [-0.15, -0.1) is 11.3 Å². The first-order valence-electron chi connectivity index (χ1n) is 11.5. The lowest BCUT2D eigenvalue weighted by Crippen LogP contribution is -2.34. The molecule has 0 spiro atoms. The third-order valence-corrected chi connectivity index (χ3v) is 7.54. The van der Waals surface area contributed by atoms with Crippen LogP contribution in [-0.2, 0) is 30.5 Å². The summed E-state index contributed by atoms with van der Waals surface area (Å²) in [6.45, 7) is 2.68. The van der Waals surface area contributed by atoms with Gasteiger partial charge in [-0.1, -0.05) is 31.2 Å². The van der Waals surface area contributed by atoms with Crippen LogP contribution >= 0.6 is 11.3 Å². The smallest absolute Gasteiger partial charge is 0.259 e. The number of aromatic amines is 1. The van der Waals surface area contributed by atoms with Crippen LogP contribution in [0.3, 0.4) is 0 Å². The minimum atomic E-state index is -0.0620. The molecule has 2 heterocycles. The molecule has 7 heteroatoms. The number of carbonyl (C=O) groups excluding carboxylic acids is 1. The summed E-state index contributed by atoms with van der Waals surface area (Å²) >= 11 is 1.64. The maximum atomic E-state index is 12.7. The highest BCUT2D eigenvalue weighted by molar-refractivity contribution is 7.18. The molecule has 2 N–H and O–H groups in total. The molecular weight excluding hydrogens is 420 g/mol. The number of aromatic nitrogens is 2. The Balaban J connectivity index is 1.37. The van der Waals surface area contributed by atoms with Crippen molar-refractivity contribution in [1.29, 1.82) is 0 Å². The number of carbonyl (C=O) groups is 1. The third kappa shape index (κ3) is 4.94. The quantitative estimate of drug-likeness (QED) is 0.545. The van der Waals surface area contributed by atoms with Gasteiger partial charge in [0.25, 0.3) is 5.56 Å². The summed E-state index contributed by atoms with van der Waals surface area (Å²) in [5, 5.41) is 3.82. The Bertz CT molecular complexity index is 1150. The highest BCUT2D eigenvalue weighted by Gasteiger charge is 2.20. The predicted molar refractivity (Wildman–Crippen MR) is 130 cm³/mol. The zero-order chi connectivity index (χ0) is 22.7. The first-order chi connectivity index (χ1) is 15.5. The summed E-state index contributed by atoms with van der Waals surface area (Å²) in [7, 11) is 4.05. The van der Waals surface area contributed by atoms with Crippen molar-refractivity contribution >= 4 is 27.5 Å². The highest BCUT2D eigenvalue weighted by atomic mass is 32.1. The number of hydrogen-bond acceptors (Lipinski definition) is 5. The molecule has 2 aromatic heterocycles. The van der Waals surface area contributed by atoms with Crippen LogP contribution in [-0.4, -0.2) is 41.4 Å². The van der Waals surface area contributed by atoms with Crippen LogP contribution in [0.1, 0.15) is 59.6 Å². The number of aryl methyl sites for hydroxylation is 4. The van der Waals surface area contributed by atoms with Crippen molar-refractivity contribution in [2.45, 2.75) is 57.9 Å². The van der Waals surface area contributed by atoms with E-state index in [1.165, 1.54) is 28.0 Å². The number of thiophene rings is 1. The van der Waals surface area contributed by atoms with E-state index in [1.54, 1.807) is 11.3 Å².